The van der Waals surface area contributed by atoms with Crippen LogP contribution < -0.4 is 4.74 Å². The van der Waals surface area contributed by atoms with Gasteiger partial charge >= 0.3 is 5.97 Å². The van der Waals surface area contributed by atoms with Gasteiger partial charge in [-0.05, 0) is 48.4 Å². The molecular formula is C21H20ClN3O3. The summed E-state index contributed by atoms with van der Waals surface area (Å²) in [4.78, 5) is 16.3. The van der Waals surface area contributed by atoms with Gasteiger partial charge in [0.2, 0.25) is 0 Å². The molecule has 0 saturated heterocycles. The maximum Gasteiger partial charge on any atom is 0.331 e. The summed E-state index contributed by atoms with van der Waals surface area (Å²) in [7, 11) is 0. The number of benzene rings is 2. The second-order valence-corrected chi connectivity index (χ2v) is 6.37. The number of aromatic nitrogens is 3. The molecule has 28 heavy (non-hydrogen) atoms. The highest BCUT2D eigenvalue weighted by atomic mass is 35.5. The highest BCUT2D eigenvalue weighted by molar-refractivity contribution is 6.30. The van der Waals surface area contributed by atoms with Gasteiger partial charge in [-0.2, -0.15) is 5.10 Å². The number of hydrogen-bond donors (Lipinski definition) is 0. The van der Waals surface area contributed by atoms with E-state index in [1.54, 1.807) is 29.2 Å². The number of rotatable bonds is 8. The van der Waals surface area contributed by atoms with Crippen molar-refractivity contribution in [1.29, 1.82) is 0 Å². The smallest absolute Gasteiger partial charge is 0.331 e. The Morgan fingerprint density at radius 1 is 1.18 bits per heavy atom. The lowest BCUT2D eigenvalue weighted by Crippen LogP contribution is -2.16. The average Bonchev–Trinajstić information content (AvgIpc) is 3.21. The van der Waals surface area contributed by atoms with Crippen LogP contribution in [0.15, 0.2) is 67.3 Å². The molecule has 1 aromatic heterocycles. The van der Waals surface area contributed by atoms with Crippen molar-refractivity contribution >= 4 is 23.6 Å². The quantitative estimate of drug-likeness (QED) is 0.418. The predicted octanol–water partition coefficient (Wildman–Crippen LogP) is 4.33. The molecular weight excluding hydrogens is 378 g/mol. The standard InChI is InChI=1S/C21H20ClN3O3/c1-2-27-19-10-3-16(4-11-19)5-12-21(26)28-20(13-25-15-23-14-24-25)17-6-8-18(22)9-7-17/h3-12,14-15,20H,2,13H2,1H3. The number of nitrogens with zero attached hydrogens (tertiary/aromatic N) is 3. The zero-order chi connectivity index (χ0) is 19.8. The molecule has 0 amide bonds. The number of hydrogen-bond acceptors (Lipinski definition) is 5. The molecule has 0 N–H and O–H groups in total. The summed E-state index contributed by atoms with van der Waals surface area (Å²) in [5.74, 6) is 0.340. The van der Waals surface area contributed by atoms with Crippen molar-refractivity contribution in [2.75, 3.05) is 6.61 Å². The van der Waals surface area contributed by atoms with E-state index in [1.807, 2.05) is 43.3 Å². The molecule has 3 aromatic rings. The van der Waals surface area contributed by atoms with Crippen molar-refractivity contribution in [3.05, 3.63) is 83.4 Å². The highest BCUT2D eigenvalue weighted by Gasteiger charge is 2.17. The molecule has 0 aliphatic heterocycles. The van der Waals surface area contributed by atoms with Crippen molar-refractivity contribution in [3.8, 4) is 5.75 Å². The number of halogens is 1. The minimum atomic E-state index is -0.517. The van der Waals surface area contributed by atoms with Crippen molar-refractivity contribution in [2.45, 2.75) is 19.6 Å². The summed E-state index contributed by atoms with van der Waals surface area (Å²) in [6.07, 6.45) is 5.60. The normalized spacial score (nSPS) is 12.1. The van der Waals surface area contributed by atoms with Crippen LogP contribution in [0.3, 0.4) is 0 Å². The predicted molar refractivity (Wildman–Crippen MR) is 107 cm³/mol. The fourth-order valence-corrected chi connectivity index (χ4v) is 2.70. The molecule has 144 valence electrons. The van der Waals surface area contributed by atoms with Crippen LogP contribution in [0.5, 0.6) is 5.75 Å². The lowest BCUT2D eigenvalue weighted by Gasteiger charge is -2.17. The molecule has 0 fully saturated rings. The zero-order valence-electron chi connectivity index (χ0n) is 15.4. The van der Waals surface area contributed by atoms with Crippen LogP contribution in [-0.2, 0) is 16.1 Å². The molecule has 1 atom stereocenters. The van der Waals surface area contributed by atoms with E-state index in [0.717, 1.165) is 16.9 Å². The van der Waals surface area contributed by atoms with E-state index in [4.69, 9.17) is 21.1 Å². The molecule has 1 unspecified atom stereocenters. The lowest BCUT2D eigenvalue weighted by molar-refractivity contribution is -0.144. The number of esters is 1. The molecule has 0 spiro atoms. The van der Waals surface area contributed by atoms with E-state index in [-0.39, 0.29) is 0 Å². The van der Waals surface area contributed by atoms with E-state index < -0.39 is 12.1 Å². The first-order chi connectivity index (χ1) is 13.6. The van der Waals surface area contributed by atoms with Crippen molar-refractivity contribution in [3.63, 3.8) is 0 Å². The summed E-state index contributed by atoms with van der Waals surface area (Å²) < 4.78 is 12.7. The van der Waals surface area contributed by atoms with Gasteiger partial charge in [0.1, 0.15) is 24.5 Å². The topological polar surface area (TPSA) is 66.2 Å². The molecule has 0 aliphatic carbocycles. The van der Waals surface area contributed by atoms with Crippen LogP contribution in [0.1, 0.15) is 24.2 Å². The van der Waals surface area contributed by atoms with Gasteiger partial charge in [0.25, 0.3) is 0 Å². The minimum absolute atomic E-state index is 0.351. The first kappa shape index (κ1) is 19.6. The van der Waals surface area contributed by atoms with Crippen LogP contribution in [0.2, 0.25) is 5.02 Å². The summed E-state index contributed by atoms with van der Waals surface area (Å²) in [6, 6.07) is 14.6. The van der Waals surface area contributed by atoms with Gasteiger partial charge in [-0.3, -0.25) is 0 Å². The Labute approximate surface area is 168 Å². The third kappa shape index (κ3) is 5.69. The molecule has 0 aliphatic rings. The maximum absolute atomic E-state index is 12.4. The zero-order valence-corrected chi connectivity index (χ0v) is 16.1. The van der Waals surface area contributed by atoms with Crippen molar-refractivity contribution in [2.24, 2.45) is 0 Å². The van der Waals surface area contributed by atoms with E-state index in [2.05, 4.69) is 10.1 Å². The Bertz CT molecular complexity index is 907. The van der Waals surface area contributed by atoms with Crippen molar-refractivity contribution in [1.82, 2.24) is 14.8 Å². The summed E-state index contributed by atoms with van der Waals surface area (Å²) >= 11 is 5.96. The molecule has 0 bridgehead atoms. The van der Waals surface area contributed by atoms with Gasteiger partial charge in [0, 0.05) is 11.1 Å². The first-order valence-corrected chi connectivity index (χ1v) is 9.21. The Balaban J connectivity index is 1.68. The van der Waals surface area contributed by atoms with Gasteiger partial charge in [-0.25, -0.2) is 14.5 Å². The first-order valence-electron chi connectivity index (χ1n) is 8.83. The van der Waals surface area contributed by atoms with Crippen LogP contribution in [0.4, 0.5) is 0 Å². The van der Waals surface area contributed by atoms with E-state index in [9.17, 15) is 4.79 Å². The van der Waals surface area contributed by atoms with Gasteiger partial charge in [-0.15, -0.1) is 0 Å². The summed E-state index contributed by atoms with van der Waals surface area (Å²) in [5.41, 5.74) is 1.70. The molecule has 1 heterocycles. The largest absolute Gasteiger partial charge is 0.494 e. The number of carbonyl (C=O) groups is 1. The Kier molecular flexibility index (Phi) is 6.81. The van der Waals surface area contributed by atoms with Crippen LogP contribution >= 0.6 is 11.6 Å². The molecule has 3 rings (SSSR count). The lowest BCUT2D eigenvalue weighted by atomic mass is 10.1. The SMILES string of the molecule is CCOc1ccc(C=CC(=O)OC(Cn2cncn2)c2ccc(Cl)cc2)cc1. The number of carbonyl (C=O) groups excluding carboxylic acids is 1. The fourth-order valence-electron chi connectivity index (χ4n) is 2.57. The Morgan fingerprint density at radius 2 is 1.93 bits per heavy atom. The third-order valence-electron chi connectivity index (χ3n) is 3.92. The second-order valence-electron chi connectivity index (χ2n) is 5.93. The van der Waals surface area contributed by atoms with Crippen LogP contribution in [0.25, 0.3) is 6.08 Å². The van der Waals surface area contributed by atoms with Gasteiger partial charge in [-0.1, -0.05) is 35.9 Å². The second kappa shape index (κ2) is 9.71. The molecule has 7 heteroatoms. The summed E-state index contributed by atoms with van der Waals surface area (Å²) in [5, 5.41) is 4.70. The summed E-state index contributed by atoms with van der Waals surface area (Å²) in [6.45, 7) is 2.89. The Hall–Kier alpha value is -3.12. The minimum Gasteiger partial charge on any atom is -0.494 e. The van der Waals surface area contributed by atoms with Gasteiger partial charge in [0.15, 0.2) is 0 Å². The van der Waals surface area contributed by atoms with Gasteiger partial charge < -0.3 is 9.47 Å². The van der Waals surface area contributed by atoms with Crippen molar-refractivity contribution < 1.29 is 14.3 Å². The number of ether oxygens (including phenoxy) is 2. The molecule has 0 radical (unpaired) electrons. The highest BCUT2D eigenvalue weighted by Crippen LogP contribution is 2.22. The van der Waals surface area contributed by atoms with E-state index in [0.29, 0.717) is 18.2 Å². The van der Waals surface area contributed by atoms with E-state index in [1.165, 1.54) is 12.4 Å². The third-order valence-corrected chi connectivity index (χ3v) is 4.17. The molecule has 2 aromatic carbocycles. The maximum atomic E-state index is 12.4. The Morgan fingerprint density at radius 3 is 2.57 bits per heavy atom. The molecule has 0 saturated carbocycles. The van der Waals surface area contributed by atoms with Crippen LogP contribution in [0, 0.1) is 0 Å². The van der Waals surface area contributed by atoms with Crippen LogP contribution in [-0.4, -0.2) is 27.3 Å². The monoisotopic (exact) mass is 397 g/mol. The van der Waals surface area contributed by atoms with E-state index >= 15 is 0 Å². The molecule has 6 nitrogen and oxygen atoms in total. The van der Waals surface area contributed by atoms with Gasteiger partial charge in [0.05, 0.1) is 13.2 Å². The fraction of sp³-hybridized carbons (Fsp3) is 0.190. The average molecular weight is 398 g/mol.